The molecule has 2 amide bonds. The van der Waals surface area contributed by atoms with E-state index in [9.17, 15) is 61.5 Å². The number of ether oxygens (including phenoxy) is 1. The van der Waals surface area contributed by atoms with E-state index >= 15 is 8.78 Å². The van der Waals surface area contributed by atoms with Gasteiger partial charge in [-0.05, 0) is 99.4 Å². The highest BCUT2D eigenvalue weighted by Crippen LogP contribution is 2.69. The molecule has 0 spiro atoms. The lowest BCUT2D eigenvalue weighted by Crippen LogP contribution is -2.39. The average Bonchev–Trinajstić information content (AvgIpc) is 3.79. The van der Waals surface area contributed by atoms with Crippen molar-refractivity contribution in [3.63, 3.8) is 0 Å². The number of pyridine rings is 1. The summed E-state index contributed by atoms with van der Waals surface area (Å²) in [6.45, 7) is -0.942. The highest BCUT2D eigenvalue weighted by molar-refractivity contribution is 7.93. The van der Waals surface area contributed by atoms with Crippen LogP contribution in [0.15, 0.2) is 48.7 Å². The molecule has 5 aromatic rings. The second kappa shape index (κ2) is 20.5. The Bertz CT molecular complexity index is 3350. The fraction of sp³-hybridized carbons (Fsp3) is 0.447. The van der Waals surface area contributed by atoms with E-state index in [1.807, 2.05) is 0 Å². The SMILES string of the molecule is CC(C)(C#Cc1ccc(-c2ccc(Cl)c3c(N(C(=O)OC[C@@H](N)CCCCN)S(C)(=O)=O)nn(CC(F)(F)F)c23)c([C@H](Cc2cc(F)cc(F)c2)NC(=O)Cn2cc(C(F)(F)F)c3c2C(F)(F)[C@@H]2C[C@H]32)n1)S(C)(=O)=O. The maximum Gasteiger partial charge on any atom is 0.429 e. The van der Waals surface area contributed by atoms with Gasteiger partial charge in [-0.15, -0.1) is 0 Å². The number of nitrogens with one attached hydrogen (secondary N) is 1. The van der Waals surface area contributed by atoms with Crippen LogP contribution in [0, 0.1) is 29.4 Å². The van der Waals surface area contributed by atoms with Gasteiger partial charge in [0.15, 0.2) is 15.7 Å². The van der Waals surface area contributed by atoms with Gasteiger partial charge in [0.2, 0.25) is 15.9 Å². The summed E-state index contributed by atoms with van der Waals surface area (Å²) in [7, 11) is -8.77. The number of benzene rings is 2. The summed E-state index contributed by atoms with van der Waals surface area (Å²) in [6, 6.07) is 4.01. The van der Waals surface area contributed by atoms with Gasteiger partial charge in [0.25, 0.3) is 5.92 Å². The summed E-state index contributed by atoms with van der Waals surface area (Å²) >= 11 is 6.66. The monoisotopic (exact) mass is 1120 g/mol. The van der Waals surface area contributed by atoms with Crippen molar-refractivity contribution < 1.29 is 75.1 Å². The Balaban J connectivity index is 1.45. The lowest BCUT2D eigenvalue weighted by Gasteiger charge is -2.24. The van der Waals surface area contributed by atoms with Crippen molar-refractivity contribution in [2.75, 3.05) is 30.0 Å². The molecule has 75 heavy (non-hydrogen) atoms. The van der Waals surface area contributed by atoms with Gasteiger partial charge in [0.05, 0.1) is 45.2 Å². The van der Waals surface area contributed by atoms with Gasteiger partial charge in [-0.3, -0.25) is 9.48 Å². The van der Waals surface area contributed by atoms with E-state index in [0.717, 1.165) is 42.7 Å². The number of fused-ring (bicyclic) bond motifs is 4. The van der Waals surface area contributed by atoms with Crippen LogP contribution in [0.25, 0.3) is 22.0 Å². The molecule has 3 aromatic heterocycles. The van der Waals surface area contributed by atoms with Crippen LogP contribution < -0.4 is 21.1 Å². The molecule has 5 N–H and O–H groups in total. The number of rotatable bonds is 17. The van der Waals surface area contributed by atoms with E-state index in [1.165, 1.54) is 13.8 Å². The number of halogens is 11. The quantitative estimate of drug-likeness (QED) is 0.0458. The first kappa shape index (κ1) is 56.8. The number of carbonyl (C=O) groups excluding carboxylic acids is 2. The Morgan fingerprint density at radius 3 is 2.25 bits per heavy atom. The zero-order valence-corrected chi connectivity index (χ0v) is 42.4. The van der Waals surface area contributed by atoms with Gasteiger partial charge in [-0.25, -0.2) is 35.4 Å². The first-order chi connectivity index (χ1) is 34.6. The Hall–Kier alpha value is -5.95. The van der Waals surface area contributed by atoms with Gasteiger partial charge in [0, 0.05) is 41.6 Å². The lowest BCUT2D eigenvalue weighted by molar-refractivity contribution is -0.142. The Morgan fingerprint density at radius 1 is 1.00 bits per heavy atom. The highest BCUT2D eigenvalue weighted by Gasteiger charge is 2.67. The number of nitrogens with two attached hydrogens (primary N) is 2. The summed E-state index contributed by atoms with van der Waals surface area (Å²) < 4.78 is 204. The van der Waals surface area contributed by atoms with Crippen molar-refractivity contribution >= 4 is 60.2 Å². The number of anilines is 1. The number of hydrogen-bond acceptors (Lipinski definition) is 11. The number of sulfonamides is 1. The minimum Gasteiger partial charge on any atom is -0.447 e. The normalized spacial score (nSPS) is 17.2. The third kappa shape index (κ3) is 12.2. The van der Waals surface area contributed by atoms with Crippen LogP contribution in [0.5, 0.6) is 0 Å². The smallest absolute Gasteiger partial charge is 0.429 e. The number of hydrogen-bond donors (Lipinski definition) is 3. The highest BCUT2D eigenvalue weighted by atomic mass is 35.5. The summed E-state index contributed by atoms with van der Waals surface area (Å²) in [4.78, 5) is 32.5. The summed E-state index contributed by atoms with van der Waals surface area (Å²) in [5.74, 6) is -5.80. The molecule has 0 bridgehead atoms. The molecule has 0 radical (unpaired) electrons. The fourth-order valence-corrected chi connectivity index (χ4v) is 10.1. The van der Waals surface area contributed by atoms with E-state index in [2.05, 4.69) is 27.2 Å². The molecule has 0 saturated heterocycles. The van der Waals surface area contributed by atoms with Crippen LogP contribution in [0.2, 0.25) is 5.02 Å². The molecule has 406 valence electrons. The van der Waals surface area contributed by atoms with E-state index in [4.69, 9.17) is 27.8 Å². The van der Waals surface area contributed by atoms with Crippen LogP contribution in [0.1, 0.15) is 85.3 Å². The van der Waals surface area contributed by atoms with Crippen molar-refractivity contribution in [2.45, 2.75) is 100 Å². The lowest BCUT2D eigenvalue weighted by atomic mass is 9.93. The van der Waals surface area contributed by atoms with Crippen molar-refractivity contribution in [1.29, 1.82) is 0 Å². The summed E-state index contributed by atoms with van der Waals surface area (Å²) in [5, 5.41) is 5.32. The van der Waals surface area contributed by atoms with E-state index < -0.39 is 161 Å². The molecule has 1 fully saturated rings. The van der Waals surface area contributed by atoms with Crippen LogP contribution in [-0.2, 0) is 61.0 Å². The molecular formula is C47H47ClF10N8O7S2. The molecule has 2 aromatic carbocycles. The van der Waals surface area contributed by atoms with Crippen molar-refractivity contribution in [2.24, 2.45) is 17.4 Å². The molecular weight excluding hydrogens is 1080 g/mol. The number of amides is 2. The molecule has 0 unspecified atom stereocenters. The zero-order chi connectivity index (χ0) is 55.5. The van der Waals surface area contributed by atoms with Gasteiger partial charge in [0.1, 0.15) is 41.8 Å². The molecule has 0 aliphatic heterocycles. The molecule has 4 atom stereocenters. The second-order valence-corrected chi connectivity index (χ2v) is 23.6. The van der Waals surface area contributed by atoms with Gasteiger partial charge in [-0.1, -0.05) is 30.0 Å². The summed E-state index contributed by atoms with van der Waals surface area (Å²) in [5.41, 5.74) is 6.18. The van der Waals surface area contributed by atoms with Gasteiger partial charge < -0.3 is 26.1 Å². The molecule has 28 heteroatoms. The van der Waals surface area contributed by atoms with Crippen molar-refractivity contribution in [1.82, 2.24) is 24.6 Å². The largest absolute Gasteiger partial charge is 0.447 e. The molecule has 7 rings (SSSR count). The van der Waals surface area contributed by atoms with E-state index in [-0.39, 0.29) is 44.2 Å². The molecule has 1 saturated carbocycles. The topological polar surface area (TPSA) is 215 Å². The Kier molecular flexibility index (Phi) is 15.5. The summed E-state index contributed by atoms with van der Waals surface area (Å²) in [6.07, 6.45) is -9.74. The predicted octanol–water partition coefficient (Wildman–Crippen LogP) is 8.26. The van der Waals surface area contributed by atoms with Crippen molar-refractivity contribution in [3.05, 3.63) is 99.1 Å². The molecule has 2 aliphatic rings. The van der Waals surface area contributed by atoms with Crippen LogP contribution >= 0.6 is 11.6 Å². The minimum absolute atomic E-state index is 0.0391. The average molecular weight is 1130 g/mol. The van der Waals surface area contributed by atoms with Crippen molar-refractivity contribution in [3.8, 4) is 23.0 Å². The molecule has 15 nitrogen and oxygen atoms in total. The van der Waals surface area contributed by atoms with Crippen LogP contribution in [0.3, 0.4) is 0 Å². The number of unbranched alkanes of at least 4 members (excludes halogenated alkanes) is 1. The Morgan fingerprint density at radius 2 is 1.65 bits per heavy atom. The number of alkyl halides is 8. The van der Waals surface area contributed by atoms with Crippen LogP contribution in [-0.4, -0.2) is 90.8 Å². The number of nitrogens with zero attached hydrogens (tertiary/aromatic N) is 5. The standard InChI is InChI=1S/C47H47ClF10N8O7S2/c1-44(2,74(3,69)70)13-12-28-8-9-29(30-10-11-34(48)38-40(30)65(23-45(51,52)53)63-42(38)66(75(4,71)72)43(68)73-22-27(60)7-5-6-14-59)39(61-28)35(17-24-15-25(49)18-26(50)16-24)62-36(67)21-64-20-33(47(56,57)58)37-31-19-32(31)46(54,55)41(37)64/h8-11,15-16,18,20,27,31-32,35H,5-7,14,17,19,21-23,59-60H2,1-4H3,(H,62,67)/t27-,31-,32+,35-/m0/s1. The van der Waals surface area contributed by atoms with E-state index in [0.29, 0.717) is 42.5 Å². The maximum absolute atomic E-state index is 15.7. The number of carbonyl (C=O) groups is 2. The molecule has 3 heterocycles. The van der Waals surface area contributed by atoms with Crippen LogP contribution in [0.4, 0.5) is 54.5 Å². The fourth-order valence-electron chi connectivity index (χ4n) is 8.84. The number of aromatic nitrogens is 4. The first-order valence-corrected chi connectivity index (χ1v) is 26.8. The third-order valence-electron chi connectivity index (χ3n) is 12.6. The minimum atomic E-state index is -5.14. The second-order valence-electron chi connectivity index (χ2n) is 18.8. The molecule has 2 aliphatic carbocycles. The van der Waals surface area contributed by atoms with Gasteiger partial charge in [-0.2, -0.15) is 44.5 Å². The van der Waals surface area contributed by atoms with E-state index in [1.54, 1.807) is 0 Å². The third-order valence-corrected chi connectivity index (χ3v) is 15.9. The Labute approximate surface area is 427 Å². The predicted molar refractivity (Wildman–Crippen MR) is 255 cm³/mol. The first-order valence-electron chi connectivity index (χ1n) is 22.7. The maximum atomic E-state index is 15.7. The zero-order valence-electron chi connectivity index (χ0n) is 40.0. The van der Waals surface area contributed by atoms with Gasteiger partial charge >= 0.3 is 18.4 Å². The number of sulfone groups is 1.